The Labute approximate surface area is 90.8 Å². The Morgan fingerprint density at radius 3 is 3.21 bits per heavy atom. The molecule has 0 bridgehead atoms. The van der Waals surface area contributed by atoms with Crippen molar-refractivity contribution in [2.75, 3.05) is 6.26 Å². The molecule has 0 aromatic carbocycles. The van der Waals surface area contributed by atoms with Crippen molar-refractivity contribution in [1.29, 1.82) is 0 Å². The Kier molecular flexibility index (Phi) is 4.48. The Morgan fingerprint density at radius 2 is 2.57 bits per heavy atom. The van der Waals surface area contributed by atoms with Gasteiger partial charge in [0.1, 0.15) is 5.69 Å². The number of rotatable bonds is 2. The fourth-order valence-corrected chi connectivity index (χ4v) is 0.881. The lowest BCUT2D eigenvalue weighted by Crippen LogP contribution is -2.10. The number of thioether (sulfide) groups is 1. The fourth-order valence-electron chi connectivity index (χ4n) is 0.685. The van der Waals surface area contributed by atoms with Crippen LogP contribution in [-0.4, -0.2) is 21.8 Å². The molecule has 6 heteroatoms. The molecule has 3 nitrogen and oxygen atoms in total. The standard InChI is InChI=1S/C8H8FN3S2/c1-14-8(13)12-11-5-7-6(9)3-2-4-10-7/h2-5H,1H3,(H,12,13)/b11-5+. The highest BCUT2D eigenvalue weighted by Gasteiger charge is 1.97. The van der Waals surface area contributed by atoms with Gasteiger partial charge in [-0.15, -0.1) is 0 Å². The van der Waals surface area contributed by atoms with Crippen LogP contribution in [-0.2, 0) is 0 Å². The molecule has 1 heterocycles. The van der Waals surface area contributed by atoms with Gasteiger partial charge in [-0.05, 0) is 18.4 Å². The van der Waals surface area contributed by atoms with Crippen LogP contribution in [0.5, 0.6) is 0 Å². The molecule has 0 radical (unpaired) electrons. The van der Waals surface area contributed by atoms with Crippen LogP contribution in [0.15, 0.2) is 23.4 Å². The van der Waals surface area contributed by atoms with Gasteiger partial charge in [-0.2, -0.15) is 5.10 Å². The Morgan fingerprint density at radius 1 is 1.79 bits per heavy atom. The van der Waals surface area contributed by atoms with E-state index in [0.717, 1.165) is 0 Å². The largest absolute Gasteiger partial charge is 0.262 e. The van der Waals surface area contributed by atoms with Crippen LogP contribution in [0.25, 0.3) is 0 Å². The third-order valence-corrected chi connectivity index (χ3v) is 2.37. The van der Waals surface area contributed by atoms with E-state index in [9.17, 15) is 4.39 Å². The molecule has 0 unspecified atom stereocenters. The molecule has 0 spiro atoms. The lowest BCUT2D eigenvalue weighted by atomic mass is 10.3. The normalized spacial score (nSPS) is 10.4. The third kappa shape index (κ3) is 3.39. The number of nitrogens with one attached hydrogen (secondary N) is 1. The number of nitrogens with zero attached hydrogens (tertiary/aromatic N) is 2. The summed E-state index contributed by atoms with van der Waals surface area (Å²) in [6, 6.07) is 2.84. The maximum Gasteiger partial charge on any atom is 0.153 e. The van der Waals surface area contributed by atoms with Crippen LogP contribution in [0.4, 0.5) is 4.39 Å². The van der Waals surface area contributed by atoms with Crippen molar-refractivity contribution in [3.8, 4) is 0 Å². The summed E-state index contributed by atoms with van der Waals surface area (Å²) in [5.74, 6) is -0.409. The average molecular weight is 229 g/mol. The maximum atomic E-state index is 13.0. The Balaban J connectivity index is 2.60. The highest BCUT2D eigenvalue weighted by Crippen LogP contribution is 1.99. The van der Waals surface area contributed by atoms with E-state index in [2.05, 4.69) is 15.5 Å². The molecule has 0 aliphatic carbocycles. The minimum Gasteiger partial charge on any atom is -0.262 e. The van der Waals surface area contributed by atoms with Gasteiger partial charge in [0, 0.05) is 6.20 Å². The van der Waals surface area contributed by atoms with Crippen LogP contribution in [0, 0.1) is 5.82 Å². The molecule has 0 aliphatic heterocycles. The highest BCUT2D eigenvalue weighted by atomic mass is 32.2. The summed E-state index contributed by atoms with van der Waals surface area (Å²) in [7, 11) is 0. The lowest BCUT2D eigenvalue weighted by molar-refractivity contribution is 0.619. The molecule has 1 aromatic heterocycles. The first-order valence-electron chi connectivity index (χ1n) is 3.71. The van der Waals surface area contributed by atoms with E-state index in [-0.39, 0.29) is 5.69 Å². The smallest absolute Gasteiger partial charge is 0.153 e. The van der Waals surface area contributed by atoms with E-state index in [1.54, 1.807) is 0 Å². The number of hydrazone groups is 1. The zero-order valence-electron chi connectivity index (χ0n) is 7.40. The SMILES string of the molecule is CSC(=S)N/N=C/c1ncccc1F. The minimum atomic E-state index is -0.409. The van der Waals surface area contributed by atoms with Crippen molar-refractivity contribution in [2.45, 2.75) is 0 Å². The number of halogens is 1. The zero-order valence-corrected chi connectivity index (χ0v) is 9.03. The third-order valence-electron chi connectivity index (χ3n) is 1.32. The second kappa shape index (κ2) is 5.66. The molecule has 0 amide bonds. The van der Waals surface area contributed by atoms with Gasteiger partial charge in [-0.3, -0.25) is 10.4 Å². The van der Waals surface area contributed by atoms with Crippen LogP contribution < -0.4 is 5.43 Å². The molecular formula is C8H8FN3S2. The summed E-state index contributed by atoms with van der Waals surface area (Å²) >= 11 is 6.18. The van der Waals surface area contributed by atoms with E-state index in [1.807, 2.05) is 6.26 Å². The molecule has 1 aromatic rings. The van der Waals surface area contributed by atoms with Gasteiger partial charge in [-0.1, -0.05) is 24.0 Å². The summed E-state index contributed by atoms with van der Waals surface area (Å²) in [4.78, 5) is 3.79. The summed E-state index contributed by atoms with van der Waals surface area (Å²) in [5, 5.41) is 3.73. The molecule has 0 fully saturated rings. The van der Waals surface area contributed by atoms with E-state index < -0.39 is 5.82 Å². The zero-order chi connectivity index (χ0) is 10.4. The molecule has 74 valence electrons. The fraction of sp³-hybridized carbons (Fsp3) is 0.125. The topological polar surface area (TPSA) is 37.3 Å². The first kappa shape index (κ1) is 11.1. The highest BCUT2D eigenvalue weighted by molar-refractivity contribution is 8.22. The van der Waals surface area contributed by atoms with Crippen molar-refractivity contribution in [3.05, 3.63) is 29.8 Å². The number of aromatic nitrogens is 1. The molecule has 0 aliphatic rings. The lowest BCUT2D eigenvalue weighted by Gasteiger charge is -1.97. The minimum absolute atomic E-state index is 0.184. The van der Waals surface area contributed by atoms with Gasteiger partial charge < -0.3 is 0 Å². The van der Waals surface area contributed by atoms with Crippen LogP contribution in [0.3, 0.4) is 0 Å². The molecule has 14 heavy (non-hydrogen) atoms. The number of thiocarbonyl (C=S) groups is 1. The number of hydrogen-bond donors (Lipinski definition) is 1. The first-order valence-corrected chi connectivity index (χ1v) is 5.35. The molecule has 1 rings (SSSR count). The van der Waals surface area contributed by atoms with E-state index in [4.69, 9.17) is 12.2 Å². The maximum absolute atomic E-state index is 13.0. The van der Waals surface area contributed by atoms with Crippen molar-refractivity contribution in [2.24, 2.45) is 5.10 Å². The van der Waals surface area contributed by atoms with Gasteiger partial charge in [0.25, 0.3) is 0 Å². The number of pyridine rings is 1. The second-order valence-corrected chi connectivity index (χ2v) is 3.72. The molecule has 0 saturated carbocycles. The van der Waals surface area contributed by atoms with Gasteiger partial charge >= 0.3 is 0 Å². The van der Waals surface area contributed by atoms with Gasteiger partial charge in [0.15, 0.2) is 10.1 Å². The quantitative estimate of drug-likeness (QED) is 0.476. The Bertz CT molecular complexity index is 354. The summed E-state index contributed by atoms with van der Waals surface area (Å²) < 4.78 is 13.5. The predicted molar refractivity (Wildman–Crippen MR) is 61.0 cm³/mol. The molecule has 1 N–H and O–H groups in total. The van der Waals surface area contributed by atoms with Crippen molar-refractivity contribution < 1.29 is 4.39 Å². The van der Waals surface area contributed by atoms with Gasteiger partial charge in [-0.25, -0.2) is 4.39 Å². The predicted octanol–water partition coefficient (Wildman–Crippen LogP) is 1.79. The molecule has 0 atom stereocenters. The van der Waals surface area contributed by atoms with Crippen molar-refractivity contribution in [3.63, 3.8) is 0 Å². The average Bonchev–Trinajstić information content (AvgIpc) is 2.20. The van der Waals surface area contributed by atoms with Crippen LogP contribution >= 0.6 is 24.0 Å². The first-order chi connectivity index (χ1) is 6.74. The summed E-state index contributed by atoms with van der Waals surface area (Å²) in [5.41, 5.74) is 2.75. The van der Waals surface area contributed by atoms with E-state index in [0.29, 0.717) is 4.32 Å². The van der Waals surface area contributed by atoms with Gasteiger partial charge in [0.05, 0.1) is 6.21 Å². The van der Waals surface area contributed by atoms with E-state index >= 15 is 0 Å². The summed E-state index contributed by atoms with van der Waals surface area (Å²) in [6.07, 6.45) is 4.61. The van der Waals surface area contributed by atoms with Crippen LogP contribution in [0.1, 0.15) is 5.69 Å². The van der Waals surface area contributed by atoms with Crippen molar-refractivity contribution >= 4 is 34.5 Å². The molecular weight excluding hydrogens is 221 g/mol. The second-order valence-electron chi connectivity index (χ2n) is 2.23. The molecule has 0 saturated heterocycles. The van der Waals surface area contributed by atoms with Crippen molar-refractivity contribution in [1.82, 2.24) is 10.4 Å². The van der Waals surface area contributed by atoms with Gasteiger partial charge in [0.2, 0.25) is 0 Å². The monoisotopic (exact) mass is 229 g/mol. The van der Waals surface area contributed by atoms with E-state index in [1.165, 1.54) is 36.3 Å². The number of hydrogen-bond acceptors (Lipinski definition) is 4. The summed E-state index contributed by atoms with van der Waals surface area (Å²) in [6.45, 7) is 0. The Hall–Kier alpha value is -1.01. The van der Waals surface area contributed by atoms with Crippen LogP contribution in [0.2, 0.25) is 0 Å².